The monoisotopic (exact) mass is 543 g/mol. The maximum atomic E-state index is 14.1. The molecule has 1 N–H and O–H groups in total. The van der Waals surface area contributed by atoms with E-state index in [1.54, 1.807) is 43.5 Å². The lowest BCUT2D eigenvalue weighted by Gasteiger charge is -2.29. The maximum absolute atomic E-state index is 14.1. The number of amides is 1. The molecule has 5 rings (SSSR count). The summed E-state index contributed by atoms with van der Waals surface area (Å²) in [7, 11) is 4.86. The number of pyridine rings is 1. The van der Waals surface area contributed by atoms with E-state index in [1.807, 2.05) is 32.0 Å². The summed E-state index contributed by atoms with van der Waals surface area (Å²) in [5.41, 5.74) is 4.07. The number of anilines is 2. The summed E-state index contributed by atoms with van der Waals surface area (Å²) in [6.45, 7) is 4.07. The molecular weight excluding hydrogens is 518 g/mol. The number of nitrogens with zero attached hydrogens (tertiary/aromatic N) is 6. The van der Waals surface area contributed by atoms with E-state index in [2.05, 4.69) is 25.9 Å². The fraction of sp³-hybridized carbons (Fsp3) is 0.250. The van der Waals surface area contributed by atoms with Gasteiger partial charge in [-0.15, -0.1) is 0 Å². The number of nitrogens with one attached hydrogen (secondary N) is 1. The molecule has 1 aliphatic rings. The summed E-state index contributed by atoms with van der Waals surface area (Å²) < 4.78 is 9.03. The molecule has 0 saturated carbocycles. The molecule has 1 aromatic carbocycles. The highest BCUT2D eigenvalue weighted by molar-refractivity contribution is 6.30. The topological polar surface area (TPSA) is 118 Å². The van der Waals surface area contributed by atoms with Gasteiger partial charge in [0.1, 0.15) is 11.1 Å². The van der Waals surface area contributed by atoms with Crippen LogP contribution in [0.1, 0.15) is 53.1 Å². The van der Waals surface area contributed by atoms with Crippen LogP contribution in [0.4, 0.5) is 11.6 Å². The Balaban J connectivity index is 1.79. The van der Waals surface area contributed by atoms with E-state index < -0.39 is 6.04 Å². The molecule has 0 fully saturated rings. The smallest absolute Gasteiger partial charge is 0.269 e. The molecule has 1 amide bonds. The van der Waals surface area contributed by atoms with E-state index in [1.165, 1.54) is 17.7 Å². The molecule has 0 radical (unpaired) electrons. The first kappa shape index (κ1) is 26.0. The molecule has 4 heterocycles. The third-order valence-electron chi connectivity index (χ3n) is 6.76. The average Bonchev–Trinajstić information content (AvgIpc) is 3.46. The van der Waals surface area contributed by atoms with Crippen molar-refractivity contribution in [2.75, 3.05) is 24.4 Å². The fourth-order valence-corrected chi connectivity index (χ4v) is 5.29. The summed E-state index contributed by atoms with van der Waals surface area (Å²) in [6.07, 6.45) is 3.27. The number of aromatic nitrogens is 4. The van der Waals surface area contributed by atoms with Crippen LogP contribution in [0.2, 0.25) is 5.02 Å². The number of aryl methyl sites for hydroxylation is 1. The van der Waals surface area contributed by atoms with Crippen LogP contribution in [0.15, 0.2) is 53.6 Å². The van der Waals surface area contributed by atoms with Gasteiger partial charge >= 0.3 is 0 Å². The number of fused-ring (bicyclic) bond motifs is 1. The Morgan fingerprint density at radius 1 is 1.15 bits per heavy atom. The molecular formula is C28H26ClN7O3. The Hall–Kier alpha value is -4.62. The van der Waals surface area contributed by atoms with Crippen molar-refractivity contribution in [1.82, 2.24) is 19.1 Å². The third-order valence-corrected chi connectivity index (χ3v) is 7.04. The van der Waals surface area contributed by atoms with Crippen LogP contribution in [0, 0.1) is 11.3 Å². The van der Waals surface area contributed by atoms with Crippen molar-refractivity contribution in [3.05, 3.63) is 86.6 Å². The first-order valence-electron chi connectivity index (χ1n) is 12.2. The van der Waals surface area contributed by atoms with Crippen LogP contribution >= 0.6 is 11.6 Å². The summed E-state index contributed by atoms with van der Waals surface area (Å²) >= 11 is 6.26. The zero-order valence-electron chi connectivity index (χ0n) is 22.1. The Labute approximate surface area is 230 Å². The largest absolute Gasteiger partial charge is 0.480 e. The van der Waals surface area contributed by atoms with Gasteiger partial charge in [0.25, 0.3) is 11.5 Å². The average molecular weight is 544 g/mol. The summed E-state index contributed by atoms with van der Waals surface area (Å²) in [5.74, 6) is 0.535. The van der Waals surface area contributed by atoms with Crippen molar-refractivity contribution in [2.45, 2.75) is 25.9 Å². The van der Waals surface area contributed by atoms with Gasteiger partial charge in [-0.2, -0.15) is 10.2 Å². The predicted molar refractivity (Wildman–Crippen MR) is 148 cm³/mol. The molecule has 11 heteroatoms. The summed E-state index contributed by atoms with van der Waals surface area (Å²) in [6, 6.07) is 12.0. The van der Waals surface area contributed by atoms with Crippen molar-refractivity contribution in [2.24, 2.45) is 7.05 Å². The van der Waals surface area contributed by atoms with Crippen molar-refractivity contribution in [1.29, 1.82) is 5.26 Å². The Kier molecular flexibility index (Phi) is 6.62. The Bertz CT molecular complexity index is 1670. The summed E-state index contributed by atoms with van der Waals surface area (Å²) in [4.78, 5) is 36.9. The van der Waals surface area contributed by atoms with Crippen LogP contribution in [0.3, 0.4) is 0 Å². The number of methoxy groups -OCH3 is 1. The molecule has 1 atom stereocenters. The van der Waals surface area contributed by atoms with Crippen LogP contribution in [0.25, 0.3) is 11.3 Å². The molecule has 0 aliphatic carbocycles. The van der Waals surface area contributed by atoms with Crippen molar-refractivity contribution >= 4 is 29.1 Å². The minimum Gasteiger partial charge on any atom is -0.480 e. The molecule has 0 spiro atoms. The van der Waals surface area contributed by atoms with Crippen LogP contribution < -0.4 is 20.5 Å². The second-order valence-corrected chi connectivity index (χ2v) is 9.84. The van der Waals surface area contributed by atoms with Crippen molar-refractivity contribution < 1.29 is 9.53 Å². The molecule has 0 bridgehead atoms. The zero-order chi connectivity index (χ0) is 28.0. The lowest BCUT2D eigenvalue weighted by molar-refractivity contribution is 0.0993. The molecule has 10 nitrogen and oxygen atoms in total. The van der Waals surface area contributed by atoms with Crippen molar-refractivity contribution in [3.8, 4) is 23.2 Å². The Morgan fingerprint density at radius 3 is 2.46 bits per heavy atom. The van der Waals surface area contributed by atoms with E-state index in [-0.39, 0.29) is 22.5 Å². The van der Waals surface area contributed by atoms with Crippen molar-refractivity contribution in [3.63, 3.8) is 0 Å². The molecule has 4 aromatic rings. The normalized spacial score (nSPS) is 14.5. The number of carbonyl (C=O) groups is 1. The quantitative estimate of drug-likeness (QED) is 0.379. The van der Waals surface area contributed by atoms with Gasteiger partial charge in [-0.25, -0.2) is 4.98 Å². The number of carbonyl (C=O) groups excluding carboxylic acids is 1. The minimum atomic E-state index is -0.562. The zero-order valence-corrected chi connectivity index (χ0v) is 22.8. The number of rotatable bonds is 6. The van der Waals surface area contributed by atoms with E-state index in [9.17, 15) is 14.9 Å². The highest BCUT2D eigenvalue weighted by atomic mass is 35.5. The highest BCUT2D eigenvalue weighted by Crippen LogP contribution is 2.47. The van der Waals surface area contributed by atoms with Gasteiger partial charge in [-0.3, -0.25) is 14.5 Å². The first-order valence-corrected chi connectivity index (χ1v) is 12.6. The molecule has 3 aromatic heterocycles. The molecule has 39 heavy (non-hydrogen) atoms. The van der Waals surface area contributed by atoms with Gasteiger partial charge in [0.15, 0.2) is 0 Å². The molecule has 1 aliphatic heterocycles. The number of benzene rings is 1. The minimum absolute atomic E-state index is 0.0110. The lowest BCUT2D eigenvalue weighted by Crippen LogP contribution is -2.31. The number of hydrogen-bond acceptors (Lipinski definition) is 7. The van der Waals surface area contributed by atoms with E-state index in [4.69, 9.17) is 16.3 Å². The number of hydrogen-bond donors (Lipinski definition) is 1. The molecule has 0 unspecified atom stereocenters. The second-order valence-electron chi connectivity index (χ2n) is 9.43. The van der Waals surface area contributed by atoms with Crippen LogP contribution in [-0.4, -0.2) is 39.2 Å². The highest BCUT2D eigenvalue weighted by Gasteiger charge is 2.43. The number of halogens is 1. The third kappa shape index (κ3) is 4.21. The summed E-state index contributed by atoms with van der Waals surface area (Å²) in [5, 5.41) is 12.3. The number of ether oxygens (including phenoxy) is 1. The second kappa shape index (κ2) is 9.93. The predicted octanol–water partition coefficient (Wildman–Crippen LogP) is 4.55. The van der Waals surface area contributed by atoms with Gasteiger partial charge < -0.3 is 19.2 Å². The van der Waals surface area contributed by atoms with E-state index in [0.717, 1.165) is 17.0 Å². The Morgan fingerprint density at radius 2 is 1.87 bits per heavy atom. The molecule has 198 valence electrons. The van der Waals surface area contributed by atoms with Crippen LogP contribution in [-0.2, 0) is 7.05 Å². The van der Waals surface area contributed by atoms with Crippen LogP contribution in [0.5, 0.6) is 5.88 Å². The maximum Gasteiger partial charge on any atom is 0.269 e. The number of nitriles is 1. The van der Waals surface area contributed by atoms with Gasteiger partial charge in [-0.1, -0.05) is 23.7 Å². The SMILES string of the molecule is CNc1ncc(-c2cc3c(n2C(C)C)[C@@H](c2ccc(C#N)cc2)N(c2cc(Cl)c(=O)n(C)c2)C3=O)c(OC)n1. The van der Waals surface area contributed by atoms with Gasteiger partial charge in [0.05, 0.1) is 46.9 Å². The fourth-order valence-electron chi connectivity index (χ4n) is 5.04. The lowest BCUT2D eigenvalue weighted by atomic mass is 10.0. The van der Waals surface area contributed by atoms with Gasteiger partial charge in [0.2, 0.25) is 11.8 Å². The standard InChI is InChI=1S/C28H26ClN7O3/c1-15(2)35-22(20-13-32-28(31-3)33-25(20)39-5)11-19-24(35)23(17-8-6-16(12-30)7-9-17)36(26(19)37)18-10-21(29)27(38)34(4)14-18/h6-11,13-15,23H,1-5H3,(H,31,32,33)/t23-/m1/s1. The van der Waals surface area contributed by atoms with E-state index >= 15 is 0 Å². The van der Waals surface area contributed by atoms with Gasteiger partial charge in [0, 0.05) is 32.5 Å². The van der Waals surface area contributed by atoms with Gasteiger partial charge in [-0.05, 0) is 43.7 Å². The van der Waals surface area contributed by atoms with E-state index in [0.29, 0.717) is 34.2 Å². The first-order chi connectivity index (χ1) is 18.7. The molecule has 0 saturated heterocycles.